The second-order valence-corrected chi connectivity index (χ2v) is 16.2. The van der Waals surface area contributed by atoms with Crippen LogP contribution >= 0.6 is 11.3 Å². The molecule has 0 spiro atoms. The third-order valence-corrected chi connectivity index (χ3v) is 9.98. The minimum atomic E-state index is -4.44. The molecule has 1 aliphatic heterocycles. The number of nitrogens with one attached hydrogen (secondary N) is 2. The third-order valence-electron chi connectivity index (χ3n) is 6.58. The second-order valence-electron chi connectivity index (χ2n) is 11.7. The number of carbonyl (C=O) groups is 1. The lowest BCUT2D eigenvalue weighted by atomic mass is 9.97. The number of esters is 1. The summed E-state index contributed by atoms with van der Waals surface area (Å²) in [6.07, 6.45) is 0.763. The number of benzene rings is 1. The van der Waals surface area contributed by atoms with Crippen molar-refractivity contribution in [3.63, 3.8) is 0 Å². The number of fused-ring (bicyclic) bond motifs is 1. The van der Waals surface area contributed by atoms with Crippen molar-refractivity contribution in [1.29, 1.82) is 0 Å². The molecule has 0 saturated carbocycles. The van der Waals surface area contributed by atoms with Gasteiger partial charge in [0.1, 0.15) is 16.2 Å². The molecule has 4 rings (SSSR count). The Kier molecular flexibility index (Phi) is 9.28. The monoisotopic (exact) mass is 665 g/mol. The molecule has 16 heteroatoms. The highest BCUT2D eigenvalue weighted by molar-refractivity contribution is 7.92. The fourth-order valence-corrected chi connectivity index (χ4v) is 6.38. The number of aromatic nitrogens is 2. The number of carbonyl (C=O) groups excluding carboxylic acids is 1. The smallest absolute Gasteiger partial charge is 0.314 e. The van der Waals surface area contributed by atoms with E-state index in [9.17, 15) is 26.4 Å². The molecule has 1 atom stereocenters. The highest BCUT2D eigenvalue weighted by Gasteiger charge is 2.34. The first-order valence-electron chi connectivity index (χ1n) is 13.6. The SMILES string of the molecule is CC(C)CCC(OC(=O)C(C)(C)C)Oc1c(-c2cccs2)n[nH]c(=O)c1C1=NS(=O)(=O)c2cc(N(C)S(C)(=O)=O)ccc2N1. The van der Waals surface area contributed by atoms with E-state index in [1.165, 1.54) is 36.6 Å². The Balaban J connectivity index is 1.87. The summed E-state index contributed by atoms with van der Waals surface area (Å²) in [5.41, 5.74) is -1.55. The molecule has 2 N–H and O–H groups in total. The Hall–Kier alpha value is -3.76. The van der Waals surface area contributed by atoms with Crippen molar-refractivity contribution in [3.05, 3.63) is 51.6 Å². The molecule has 0 amide bonds. The Morgan fingerprint density at radius 2 is 1.86 bits per heavy atom. The lowest BCUT2D eigenvalue weighted by molar-refractivity contribution is -0.174. The number of aromatic amines is 1. The van der Waals surface area contributed by atoms with E-state index in [0.717, 1.165) is 10.6 Å². The van der Waals surface area contributed by atoms with Crippen LogP contribution in [0.2, 0.25) is 0 Å². The lowest BCUT2D eigenvalue weighted by Gasteiger charge is -2.27. The number of thiophene rings is 1. The molecule has 2 aromatic heterocycles. The Bertz CT molecular complexity index is 1860. The van der Waals surface area contributed by atoms with Gasteiger partial charge in [0, 0.05) is 13.5 Å². The molecule has 3 aromatic rings. The zero-order valence-electron chi connectivity index (χ0n) is 25.4. The molecule has 0 fully saturated rings. The number of rotatable bonds is 10. The van der Waals surface area contributed by atoms with E-state index in [1.54, 1.807) is 38.3 Å². The fraction of sp³-hybridized carbons (Fsp3) is 0.429. The zero-order valence-corrected chi connectivity index (χ0v) is 27.8. The summed E-state index contributed by atoms with van der Waals surface area (Å²) < 4.78 is 67.8. The maximum atomic E-state index is 13.4. The Morgan fingerprint density at radius 1 is 1.16 bits per heavy atom. The van der Waals surface area contributed by atoms with Crippen LogP contribution in [0.4, 0.5) is 11.4 Å². The van der Waals surface area contributed by atoms with E-state index in [-0.39, 0.29) is 51.5 Å². The molecule has 0 aliphatic carbocycles. The summed E-state index contributed by atoms with van der Waals surface area (Å²) >= 11 is 1.30. The predicted octanol–water partition coefficient (Wildman–Crippen LogP) is 4.19. The standard InChI is InChI=1S/C28H35N5O8S3/c1-16(2)10-13-21(41-27(35)28(3,4)5)40-24-22(26(34)31-30-23(24)19-9-8-14-42-19)25-29-18-12-11-17(33(6)43(7,36)37)15-20(18)44(38,39)32-25/h8-9,11-12,14-16,21H,10,13H2,1-7H3,(H,29,32)(H,31,34). The normalized spacial score (nSPS) is 15.1. The van der Waals surface area contributed by atoms with Crippen LogP contribution in [0, 0.1) is 11.3 Å². The van der Waals surface area contributed by atoms with Crippen LogP contribution in [-0.2, 0) is 29.6 Å². The first kappa shape index (κ1) is 33.1. The van der Waals surface area contributed by atoms with Crippen molar-refractivity contribution in [3.8, 4) is 16.3 Å². The van der Waals surface area contributed by atoms with E-state index in [2.05, 4.69) is 19.9 Å². The molecular weight excluding hydrogens is 631 g/mol. The maximum Gasteiger partial charge on any atom is 0.314 e. The average molecular weight is 666 g/mol. The fourth-order valence-electron chi connectivity index (χ4n) is 4.03. The Labute approximate surface area is 260 Å². The minimum absolute atomic E-state index is 0.0657. The highest BCUT2D eigenvalue weighted by atomic mass is 32.2. The van der Waals surface area contributed by atoms with Crippen LogP contribution in [0.15, 0.2) is 49.8 Å². The van der Waals surface area contributed by atoms with Crippen molar-refractivity contribution < 1.29 is 31.1 Å². The number of amidine groups is 1. The van der Waals surface area contributed by atoms with E-state index >= 15 is 0 Å². The first-order chi connectivity index (χ1) is 20.4. The largest absolute Gasteiger partial charge is 0.451 e. The molecular formula is C28H35N5O8S3. The van der Waals surface area contributed by atoms with Crippen molar-refractivity contribution in [2.45, 2.75) is 58.6 Å². The maximum absolute atomic E-state index is 13.4. The summed E-state index contributed by atoms with van der Waals surface area (Å²) in [5, 5.41) is 11.3. The number of nitrogens with zero attached hydrogens (tertiary/aromatic N) is 3. The molecule has 1 aliphatic rings. The lowest BCUT2D eigenvalue weighted by Crippen LogP contribution is -2.35. The second kappa shape index (κ2) is 12.3. The van der Waals surface area contributed by atoms with Gasteiger partial charge in [0.15, 0.2) is 11.6 Å². The van der Waals surface area contributed by atoms with Gasteiger partial charge >= 0.3 is 5.97 Å². The molecule has 0 bridgehead atoms. The van der Waals surface area contributed by atoms with E-state index in [0.29, 0.717) is 11.3 Å². The van der Waals surface area contributed by atoms with Gasteiger partial charge in [-0.3, -0.25) is 13.9 Å². The summed E-state index contributed by atoms with van der Waals surface area (Å²) in [7, 11) is -6.81. The molecule has 238 valence electrons. The van der Waals surface area contributed by atoms with Gasteiger partial charge in [-0.15, -0.1) is 15.7 Å². The summed E-state index contributed by atoms with van der Waals surface area (Å²) in [5.74, 6) is -0.753. The zero-order chi connectivity index (χ0) is 32.6. The molecule has 0 saturated heterocycles. The van der Waals surface area contributed by atoms with Gasteiger partial charge in [-0.05, 0) is 62.8 Å². The van der Waals surface area contributed by atoms with E-state index in [4.69, 9.17) is 9.47 Å². The molecule has 0 radical (unpaired) electrons. The van der Waals surface area contributed by atoms with Gasteiger partial charge in [-0.25, -0.2) is 13.5 Å². The van der Waals surface area contributed by atoms with Crippen LogP contribution in [0.5, 0.6) is 5.75 Å². The topological polar surface area (TPSA) is 177 Å². The first-order valence-corrected chi connectivity index (χ1v) is 17.8. The summed E-state index contributed by atoms with van der Waals surface area (Å²) in [6.45, 7) is 9.11. The molecule has 13 nitrogen and oxygen atoms in total. The van der Waals surface area contributed by atoms with Gasteiger partial charge in [0.25, 0.3) is 15.6 Å². The summed E-state index contributed by atoms with van der Waals surface area (Å²) in [6, 6.07) is 7.50. The van der Waals surface area contributed by atoms with Crippen molar-refractivity contribution >= 4 is 54.6 Å². The van der Waals surface area contributed by atoms with Crippen molar-refractivity contribution in [2.24, 2.45) is 15.7 Å². The van der Waals surface area contributed by atoms with Crippen LogP contribution in [0.3, 0.4) is 0 Å². The van der Waals surface area contributed by atoms with E-state index in [1.807, 2.05) is 13.8 Å². The van der Waals surface area contributed by atoms with Gasteiger partial charge in [0.05, 0.1) is 27.9 Å². The minimum Gasteiger partial charge on any atom is -0.451 e. The van der Waals surface area contributed by atoms with Gasteiger partial charge < -0.3 is 14.8 Å². The highest BCUT2D eigenvalue weighted by Crippen LogP contribution is 2.37. The van der Waals surface area contributed by atoms with Gasteiger partial charge in [-0.1, -0.05) is 19.9 Å². The van der Waals surface area contributed by atoms with Crippen LogP contribution in [0.25, 0.3) is 10.6 Å². The number of H-pyrrole nitrogens is 1. The van der Waals surface area contributed by atoms with Gasteiger partial charge in [-0.2, -0.15) is 13.5 Å². The molecule has 3 heterocycles. The van der Waals surface area contributed by atoms with Crippen LogP contribution in [-0.4, -0.2) is 58.4 Å². The number of hydrogen-bond donors (Lipinski definition) is 2. The Morgan fingerprint density at radius 3 is 2.45 bits per heavy atom. The molecule has 1 unspecified atom stereocenters. The average Bonchev–Trinajstić information content (AvgIpc) is 3.44. The third kappa shape index (κ3) is 7.30. The van der Waals surface area contributed by atoms with Crippen LogP contribution < -0.4 is 19.9 Å². The van der Waals surface area contributed by atoms with Crippen molar-refractivity contribution in [2.75, 3.05) is 22.9 Å². The summed E-state index contributed by atoms with van der Waals surface area (Å²) in [4.78, 5) is 26.6. The quantitative estimate of drug-likeness (QED) is 0.236. The van der Waals surface area contributed by atoms with Gasteiger partial charge in [0.2, 0.25) is 16.3 Å². The van der Waals surface area contributed by atoms with Crippen LogP contribution in [0.1, 0.15) is 53.0 Å². The molecule has 44 heavy (non-hydrogen) atoms. The van der Waals surface area contributed by atoms with Crippen molar-refractivity contribution in [1.82, 2.24) is 10.2 Å². The predicted molar refractivity (Wildman–Crippen MR) is 169 cm³/mol. The number of anilines is 2. The number of hydrogen-bond acceptors (Lipinski definition) is 11. The van der Waals surface area contributed by atoms with E-state index < -0.39 is 43.3 Å². The molecule has 1 aromatic carbocycles. The number of sulfonamides is 2. The number of ether oxygens (including phenoxy) is 2.